The van der Waals surface area contributed by atoms with Gasteiger partial charge < -0.3 is 0 Å². The molecule has 0 unspecified atom stereocenters. The fourth-order valence-electron chi connectivity index (χ4n) is 9.81. The van der Waals surface area contributed by atoms with Gasteiger partial charge in [0, 0.05) is 0 Å². The second kappa shape index (κ2) is 15.3. The van der Waals surface area contributed by atoms with Crippen molar-refractivity contribution in [2.75, 3.05) is 0 Å². The van der Waals surface area contributed by atoms with Gasteiger partial charge in [0.05, 0.1) is 8.07 Å². The molecule has 0 aliphatic carbocycles. The maximum absolute atomic E-state index is 2.48. The highest BCUT2D eigenvalue weighted by molar-refractivity contribution is 6.88. The molecule has 294 valence electrons. The maximum atomic E-state index is 2.48. The van der Waals surface area contributed by atoms with Crippen molar-refractivity contribution in [2.45, 2.75) is 19.6 Å². The van der Waals surface area contributed by atoms with Crippen molar-refractivity contribution >= 4 is 45.6 Å². The van der Waals surface area contributed by atoms with Gasteiger partial charge in [-0.15, -0.1) is 0 Å². The van der Waals surface area contributed by atoms with Crippen LogP contribution in [0.1, 0.15) is 0 Å². The van der Waals surface area contributed by atoms with Crippen LogP contribution < -0.4 is 5.19 Å². The lowest BCUT2D eigenvalue weighted by Gasteiger charge is -2.24. The van der Waals surface area contributed by atoms with E-state index in [0.717, 1.165) is 0 Å². The third-order valence-electron chi connectivity index (χ3n) is 12.9. The predicted molar refractivity (Wildman–Crippen MR) is 271 cm³/mol. The first-order valence-corrected chi connectivity index (χ1v) is 25.3. The van der Waals surface area contributed by atoms with Gasteiger partial charge in [0.15, 0.2) is 0 Å². The first-order chi connectivity index (χ1) is 30.4. The number of hydrogen-bond acceptors (Lipinski definition) is 0. The maximum Gasteiger partial charge on any atom is 0.0775 e. The van der Waals surface area contributed by atoms with Crippen LogP contribution in [0, 0.1) is 0 Å². The zero-order chi connectivity index (χ0) is 41.8. The summed E-state index contributed by atoms with van der Waals surface area (Å²) in [6.45, 7) is 7.29. The summed E-state index contributed by atoms with van der Waals surface area (Å²) in [6.07, 6.45) is 0. The van der Waals surface area contributed by atoms with E-state index in [1.807, 2.05) is 0 Å². The van der Waals surface area contributed by atoms with E-state index in [2.05, 4.69) is 244 Å². The van der Waals surface area contributed by atoms with Crippen LogP contribution in [0.15, 0.2) is 224 Å². The molecule has 11 rings (SSSR count). The summed E-state index contributed by atoms with van der Waals surface area (Å²) < 4.78 is 0. The molecular formula is C61H46Si. The Kier molecular flexibility index (Phi) is 9.29. The monoisotopic (exact) mass is 806 g/mol. The zero-order valence-corrected chi connectivity index (χ0v) is 36.4. The molecule has 0 saturated heterocycles. The predicted octanol–water partition coefficient (Wildman–Crippen LogP) is 16.8. The lowest BCUT2D eigenvalue weighted by molar-refractivity contribution is 1.58. The zero-order valence-electron chi connectivity index (χ0n) is 35.4. The quantitative estimate of drug-likeness (QED) is 0.106. The van der Waals surface area contributed by atoms with Crippen molar-refractivity contribution in [1.82, 2.24) is 0 Å². The van der Waals surface area contributed by atoms with E-state index in [-0.39, 0.29) is 0 Å². The summed E-state index contributed by atoms with van der Waals surface area (Å²) in [7, 11) is -1.51. The van der Waals surface area contributed by atoms with Crippen LogP contribution in [0.3, 0.4) is 0 Å². The molecule has 62 heavy (non-hydrogen) atoms. The molecule has 0 fully saturated rings. The molecule has 0 radical (unpaired) electrons. The van der Waals surface area contributed by atoms with Gasteiger partial charge in [-0.3, -0.25) is 0 Å². The summed E-state index contributed by atoms with van der Waals surface area (Å²) in [5, 5.41) is 9.14. The Morgan fingerprint density at radius 2 is 0.500 bits per heavy atom. The molecule has 0 N–H and O–H groups in total. The molecule has 11 aromatic rings. The molecule has 0 bridgehead atoms. The van der Waals surface area contributed by atoms with E-state index in [9.17, 15) is 0 Å². The smallest absolute Gasteiger partial charge is 0.0656 e. The number of rotatable bonds is 8. The topological polar surface area (TPSA) is 0 Å². The van der Waals surface area contributed by atoms with Gasteiger partial charge in [0.1, 0.15) is 0 Å². The number of benzene rings is 11. The van der Waals surface area contributed by atoms with Gasteiger partial charge in [-0.05, 0) is 122 Å². The minimum atomic E-state index is -1.51. The van der Waals surface area contributed by atoms with Crippen LogP contribution in [0.25, 0.3) is 110 Å². The Morgan fingerprint density at radius 1 is 0.226 bits per heavy atom. The van der Waals surface area contributed by atoms with Gasteiger partial charge in [-0.2, -0.15) is 0 Å². The summed E-state index contributed by atoms with van der Waals surface area (Å²) in [5.74, 6) is 0. The fourth-order valence-corrected chi connectivity index (χ4v) is 11.0. The van der Waals surface area contributed by atoms with Crippen LogP contribution in [-0.4, -0.2) is 8.07 Å². The Bertz CT molecular complexity index is 3290. The minimum Gasteiger partial charge on any atom is -0.0656 e. The van der Waals surface area contributed by atoms with Crippen LogP contribution >= 0.6 is 0 Å². The van der Waals surface area contributed by atoms with Crippen LogP contribution in [0.2, 0.25) is 19.6 Å². The Labute approximate surface area is 365 Å². The molecule has 0 spiro atoms. The molecule has 0 saturated carbocycles. The first-order valence-electron chi connectivity index (χ1n) is 21.8. The normalized spacial score (nSPS) is 11.8. The molecule has 1 heteroatoms. The highest BCUT2D eigenvalue weighted by Crippen LogP contribution is 2.51. The van der Waals surface area contributed by atoms with Crippen LogP contribution in [-0.2, 0) is 0 Å². The van der Waals surface area contributed by atoms with Crippen molar-refractivity contribution in [1.29, 1.82) is 0 Å². The van der Waals surface area contributed by atoms with E-state index in [1.54, 1.807) is 0 Å². The second-order valence-electron chi connectivity index (χ2n) is 17.6. The van der Waals surface area contributed by atoms with Gasteiger partial charge in [0.25, 0.3) is 0 Å². The first kappa shape index (κ1) is 37.7. The number of hydrogen-bond donors (Lipinski definition) is 0. The van der Waals surface area contributed by atoms with Gasteiger partial charge in [0.2, 0.25) is 0 Å². The standard InChI is InChI=1S/C61H46Si/c1-62(2,3)45-33-31-44(32-34-45)56-39-57(49-28-16-13-25-46(49)41-19-7-4-8-20-41)53-37-38-55-59(51-30-18-15-27-48(51)43-23-11-6-12-24-43)40-58(54-36-35-52(56)60(53)61(54)55)50-29-17-14-26-47(50)42-21-9-5-10-22-42/h4-40H,1-3H3. The Hall–Kier alpha value is -7.32. The highest BCUT2D eigenvalue weighted by Gasteiger charge is 2.24. The molecule has 0 aliphatic heterocycles. The lowest BCUT2D eigenvalue weighted by atomic mass is 9.80. The molecule has 0 heterocycles. The summed E-state index contributed by atoms with van der Waals surface area (Å²) in [5.41, 5.74) is 17.2. The molecule has 0 atom stereocenters. The Balaban J connectivity index is 1.30. The van der Waals surface area contributed by atoms with Crippen molar-refractivity contribution in [3.05, 3.63) is 224 Å². The average molecular weight is 807 g/mol. The third kappa shape index (κ3) is 6.45. The van der Waals surface area contributed by atoms with Gasteiger partial charge >= 0.3 is 0 Å². The highest BCUT2D eigenvalue weighted by atomic mass is 28.3. The SMILES string of the molecule is C[Si](C)(C)c1ccc(-c2cc(-c3ccccc3-c3ccccc3)c3ccc4c(-c5ccccc5-c5ccccc5)cc(-c5ccccc5-c5ccccc5)c5ccc2c3c54)cc1. The fraction of sp³-hybridized carbons (Fsp3) is 0.0492. The molecule has 11 aromatic carbocycles. The average Bonchev–Trinajstić information content (AvgIpc) is 3.33. The van der Waals surface area contributed by atoms with Crippen molar-refractivity contribution < 1.29 is 0 Å². The summed E-state index contributed by atoms with van der Waals surface area (Å²) in [4.78, 5) is 0. The molecule has 0 aliphatic rings. The van der Waals surface area contributed by atoms with Crippen molar-refractivity contribution in [3.8, 4) is 77.9 Å². The van der Waals surface area contributed by atoms with E-state index in [4.69, 9.17) is 0 Å². The van der Waals surface area contributed by atoms with Crippen LogP contribution in [0.4, 0.5) is 0 Å². The third-order valence-corrected chi connectivity index (χ3v) is 14.9. The summed E-state index contributed by atoms with van der Waals surface area (Å²) >= 11 is 0. The largest absolute Gasteiger partial charge is 0.0775 e. The van der Waals surface area contributed by atoms with Crippen molar-refractivity contribution in [3.63, 3.8) is 0 Å². The van der Waals surface area contributed by atoms with E-state index in [0.29, 0.717) is 0 Å². The second-order valence-corrected chi connectivity index (χ2v) is 22.7. The molecular weight excluding hydrogens is 761 g/mol. The van der Waals surface area contributed by atoms with E-state index >= 15 is 0 Å². The molecule has 0 aromatic heterocycles. The van der Waals surface area contributed by atoms with Gasteiger partial charge in [-0.25, -0.2) is 0 Å². The minimum absolute atomic E-state index is 1.21. The molecule has 0 nitrogen and oxygen atoms in total. The van der Waals surface area contributed by atoms with Crippen molar-refractivity contribution in [2.24, 2.45) is 0 Å². The Morgan fingerprint density at radius 3 is 0.839 bits per heavy atom. The van der Waals surface area contributed by atoms with Crippen LogP contribution in [0.5, 0.6) is 0 Å². The van der Waals surface area contributed by atoms with E-state index < -0.39 is 8.07 Å². The van der Waals surface area contributed by atoms with Gasteiger partial charge in [-0.1, -0.05) is 237 Å². The molecule has 0 amide bonds. The van der Waals surface area contributed by atoms with E-state index in [1.165, 1.54) is 115 Å². The lowest BCUT2D eigenvalue weighted by Crippen LogP contribution is -2.37. The summed E-state index contributed by atoms with van der Waals surface area (Å²) in [6, 6.07) is 83.5.